The van der Waals surface area contributed by atoms with E-state index < -0.39 is 0 Å². The Bertz CT molecular complexity index is 507. The smallest absolute Gasteiger partial charge is 0.273 e. The van der Waals surface area contributed by atoms with Crippen LogP contribution in [0.3, 0.4) is 0 Å². The van der Waals surface area contributed by atoms with Gasteiger partial charge in [0, 0.05) is 6.54 Å². The molecule has 0 atom stereocenters. The summed E-state index contributed by atoms with van der Waals surface area (Å²) in [5.74, 6) is -0.170. The van der Waals surface area contributed by atoms with E-state index in [2.05, 4.69) is 15.6 Å². The molecule has 0 aliphatic heterocycles. The monoisotopic (exact) mass is 244 g/mol. The van der Waals surface area contributed by atoms with E-state index in [1.165, 1.54) is 0 Å². The van der Waals surface area contributed by atoms with Gasteiger partial charge in [-0.05, 0) is 12.0 Å². The van der Waals surface area contributed by atoms with Gasteiger partial charge in [0.1, 0.15) is 0 Å². The molecule has 0 bridgehead atoms. The maximum Gasteiger partial charge on any atom is 0.273 e. The summed E-state index contributed by atoms with van der Waals surface area (Å²) in [6.07, 6.45) is 2.57. The van der Waals surface area contributed by atoms with E-state index in [0.717, 1.165) is 12.0 Å². The number of carbonyl (C=O) groups is 1. The van der Waals surface area contributed by atoms with Crippen molar-refractivity contribution in [3.63, 3.8) is 0 Å². The number of nitrogens with zero attached hydrogens (tertiary/aromatic N) is 3. The molecule has 1 amide bonds. The molecule has 0 spiro atoms. The lowest BCUT2D eigenvalue weighted by atomic mass is 10.2. The largest absolute Gasteiger partial charge is 0.351 e. The quantitative estimate of drug-likeness (QED) is 0.866. The van der Waals surface area contributed by atoms with E-state index in [1.54, 1.807) is 10.9 Å². The third kappa shape index (κ3) is 3.16. The molecule has 1 heterocycles. The second-order valence-electron chi connectivity index (χ2n) is 4.04. The highest BCUT2D eigenvalue weighted by Gasteiger charge is 2.09. The van der Waals surface area contributed by atoms with Crippen molar-refractivity contribution in [1.82, 2.24) is 20.3 Å². The van der Waals surface area contributed by atoms with Crippen LogP contribution in [0.25, 0.3) is 0 Å². The maximum atomic E-state index is 11.6. The van der Waals surface area contributed by atoms with Gasteiger partial charge in [-0.2, -0.15) is 0 Å². The third-order valence-electron chi connectivity index (χ3n) is 2.49. The van der Waals surface area contributed by atoms with Crippen LogP contribution in [0, 0.1) is 0 Å². The molecule has 0 fully saturated rings. The molecule has 94 valence electrons. The van der Waals surface area contributed by atoms with Crippen molar-refractivity contribution in [2.24, 2.45) is 0 Å². The van der Waals surface area contributed by atoms with Gasteiger partial charge < -0.3 is 5.32 Å². The number of hydrogen-bond acceptors (Lipinski definition) is 3. The predicted molar refractivity (Wildman–Crippen MR) is 68.2 cm³/mol. The maximum absolute atomic E-state index is 11.6. The topological polar surface area (TPSA) is 59.8 Å². The van der Waals surface area contributed by atoms with E-state index in [9.17, 15) is 4.79 Å². The zero-order valence-corrected chi connectivity index (χ0v) is 10.3. The Balaban J connectivity index is 2.00. The van der Waals surface area contributed by atoms with Crippen LogP contribution >= 0.6 is 0 Å². The average molecular weight is 244 g/mol. The van der Waals surface area contributed by atoms with Crippen LogP contribution in [-0.2, 0) is 6.54 Å². The molecular formula is C13H16N4O. The Labute approximate surface area is 106 Å². The summed E-state index contributed by atoms with van der Waals surface area (Å²) >= 11 is 0. The molecule has 18 heavy (non-hydrogen) atoms. The van der Waals surface area contributed by atoms with Crippen LogP contribution in [0.4, 0.5) is 0 Å². The molecule has 0 aliphatic rings. The lowest BCUT2D eigenvalue weighted by Crippen LogP contribution is -2.24. The fourth-order valence-corrected chi connectivity index (χ4v) is 1.58. The molecule has 0 unspecified atom stereocenters. The zero-order chi connectivity index (χ0) is 12.8. The highest BCUT2D eigenvalue weighted by atomic mass is 16.1. The van der Waals surface area contributed by atoms with E-state index >= 15 is 0 Å². The normalized spacial score (nSPS) is 10.3. The van der Waals surface area contributed by atoms with Gasteiger partial charge in [-0.3, -0.25) is 4.79 Å². The van der Waals surface area contributed by atoms with Crippen molar-refractivity contribution < 1.29 is 4.79 Å². The molecular weight excluding hydrogens is 228 g/mol. The third-order valence-corrected chi connectivity index (χ3v) is 2.49. The number of hydrogen-bond donors (Lipinski definition) is 1. The van der Waals surface area contributed by atoms with E-state index in [1.807, 2.05) is 37.3 Å². The minimum Gasteiger partial charge on any atom is -0.351 e. The summed E-state index contributed by atoms with van der Waals surface area (Å²) in [4.78, 5) is 11.6. The molecule has 0 aliphatic carbocycles. The van der Waals surface area contributed by atoms with Crippen LogP contribution in [0.15, 0.2) is 36.5 Å². The van der Waals surface area contributed by atoms with Crippen molar-refractivity contribution in [1.29, 1.82) is 0 Å². The first kappa shape index (κ1) is 12.3. The predicted octanol–water partition coefficient (Wildman–Crippen LogP) is 1.47. The molecule has 2 aromatic rings. The van der Waals surface area contributed by atoms with Gasteiger partial charge in [0.15, 0.2) is 5.69 Å². The summed E-state index contributed by atoms with van der Waals surface area (Å²) in [7, 11) is 0. The van der Waals surface area contributed by atoms with Gasteiger partial charge in [-0.1, -0.05) is 42.5 Å². The van der Waals surface area contributed by atoms with Gasteiger partial charge >= 0.3 is 0 Å². The van der Waals surface area contributed by atoms with E-state index in [4.69, 9.17) is 0 Å². The molecule has 5 heteroatoms. The Morgan fingerprint density at radius 2 is 2.11 bits per heavy atom. The Kier molecular flexibility index (Phi) is 4.06. The van der Waals surface area contributed by atoms with Crippen LogP contribution in [0.5, 0.6) is 0 Å². The van der Waals surface area contributed by atoms with Crippen LogP contribution in [-0.4, -0.2) is 27.4 Å². The second-order valence-corrected chi connectivity index (χ2v) is 4.04. The van der Waals surface area contributed by atoms with Crippen LogP contribution < -0.4 is 5.32 Å². The SMILES string of the molecule is CCCNC(=O)c1cn(Cc2ccccc2)nn1. The van der Waals surface area contributed by atoms with Crippen molar-refractivity contribution in [3.8, 4) is 0 Å². The molecule has 2 rings (SSSR count). The number of carbonyl (C=O) groups excluding carboxylic acids is 1. The first-order valence-corrected chi connectivity index (χ1v) is 6.02. The minimum absolute atomic E-state index is 0.170. The molecule has 0 saturated heterocycles. The fraction of sp³-hybridized carbons (Fsp3) is 0.308. The van der Waals surface area contributed by atoms with Gasteiger partial charge in [0.2, 0.25) is 0 Å². The number of benzene rings is 1. The standard InChI is InChI=1S/C13H16N4O/c1-2-8-14-13(18)12-10-17(16-15-12)9-11-6-4-3-5-7-11/h3-7,10H,2,8-9H2,1H3,(H,14,18). The average Bonchev–Trinajstić information content (AvgIpc) is 2.86. The van der Waals surface area contributed by atoms with Gasteiger partial charge in [-0.15, -0.1) is 5.10 Å². The number of nitrogens with one attached hydrogen (secondary N) is 1. The van der Waals surface area contributed by atoms with Gasteiger partial charge in [0.25, 0.3) is 5.91 Å². The summed E-state index contributed by atoms with van der Waals surface area (Å²) in [5, 5.41) is 10.6. The first-order valence-electron chi connectivity index (χ1n) is 6.02. The summed E-state index contributed by atoms with van der Waals surface area (Å²) in [5.41, 5.74) is 1.49. The Morgan fingerprint density at radius 3 is 2.83 bits per heavy atom. The second kappa shape index (κ2) is 5.95. The number of amides is 1. The molecule has 1 aromatic heterocycles. The van der Waals surface area contributed by atoms with Crippen molar-refractivity contribution >= 4 is 5.91 Å². The Hall–Kier alpha value is -2.17. The van der Waals surface area contributed by atoms with Crippen molar-refractivity contribution in [2.75, 3.05) is 6.54 Å². The molecule has 1 N–H and O–H groups in total. The summed E-state index contributed by atoms with van der Waals surface area (Å²) in [6.45, 7) is 3.28. The summed E-state index contributed by atoms with van der Waals surface area (Å²) < 4.78 is 1.66. The number of rotatable bonds is 5. The highest BCUT2D eigenvalue weighted by molar-refractivity contribution is 5.91. The molecule has 1 aromatic carbocycles. The fourth-order valence-electron chi connectivity index (χ4n) is 1.58. The van der Waals surface area contributed by atoms with Crippen LogP contribution in [0.2, 0.25) is 0 Å². The van der Waals surface area contributed by atoms with Crippen LogP contribution in [0.1, 0.15) is 29.4 Å². The van der Waals surface area contributed by atoms with E-state index in [0.29, 0.717) is 18.8 Å². The van der Waals surface area contributed by atoms with Crippen molar-refractivity contribution in [2.45, 2.75) is 19.9 Å². The molecule has 0 radical (unpaired) electrons. The first-order chi connectivity index (χ1) is 8.79. The van der Waals surface area contributed by atoms with E-state index in [-0.39, 0.29) is 5.91 Å². The van der Waals surface area contributed by atoms with Gasteiger partial charge in [0.05, 0.1) is 12.7 Å². The summed E-state index contributed by atoms with van der Waals surface area (Å²) in [6, 6.07) is 9.94. The highest BCUT2D eigenvalue weighted by Crippen LogP contribution is 2.02. The van der Waals surface area contributed by atoms with Crippen molar-refractivity contribution in [3.05, 3.63) is 47.8 Å². The zero-order valence-electron chi connectivity index (χ0n) is 10.3. The minimum atomic E-state index is -0.170. The number of aromatic nitrogens is 3. The lowest BCUT2D eigenvalue weighted by Gasteiger charge is -2.00. The van der Waals surface area contributed by atoms with Gasteiger partial charge in [-0.25, -0.2) is 4.68 Å². The lowest BCUT2D eigenvalue weighted by molar-refractivity contribution is 0.0948. The molecule has 0 saturated carbocycles. The Morgan fingerprint density at radius 1 is 1.33 bits per heavy atom. The molecule has 5 nitrogen and oxygen atoms in total.